The van der Waals surface area contributed by atoms with E-state index in [1.165, 1.54) is 18.4 Å². The molecule has 0 saturated carbocycles. The molecule has 0 aromatic heterocycles. The maximum absolute atomic E-state index is 11.9. The van der Waals surface area contributed by atoms with Gasteiger partial charge in [0.25, 0.3) is 0 Å². The van der Waals surface area contributed by atoms with Gasteiger partial charge in [-0.25, -0.2) is 12.7 Å². The summed E-state index contributed by atoms with van der Waals surface area (Å²) >= 11 is 0. The second-order valence-corrected chi connectivity index (χ2v) is 6.04. The molecule has 17 heavy (non-hydrogen) atoms. The highest BCUT2D eigenvalue weighted by Gasteiger charge is 2.16. The third-order valence-electron chi connectivity index (χ3n) is 2.32. The van der Waals surface area contributed by atoms with Crippen molar-refractivity contribution >= 4 is 15.7 Å². The van der Waals surface area contributed by atoms with Crippen LogP contribution in [0.3, 0.4) is 0 Å². The molecule has 1 aromatic carbocycles. The van der Waals surface area contributed by atoms with Gasteiger partial charge in [-0.05, 0) is 31.2 Å². The Morgan fingerprint density at radius 2 is 2.06 bits per heavy atom. The maximum atomic E-state index is 11.9. The van der Waals surface area contributed by atoms with E-state index in [0.717, 1.165) is 18.7 Å². The van der Waals surface area contributed by atoms with E-state index in [2.05, 4.69) is 5.32 Å². The van der Waals surface area contributed by atoms with Crippen molar-refractivity contribution in [1.82, 2.24) is 4.31 Å². The quantitative estimate of drug-likeness (QED) is 0.736. The Morgan fingerprint density at radius 3 is 2.65 bits per heavy atom. The van der Waals surface area contributed by atoms with Crippen molar-refractivity contribution in [3.8, 4) is 0 Å². The summed E-state index contributed by atoms with van der Waals surface area (Å²) in [6.45, 7) is 1.35. The van der Waals surface area contributed by atoms with Crippen molar-refractivity contribution < 1.29 is 8.42 Å². The molecule has 0 amide bonds. The lowest BCUT2D eigenvalue weighted by Gasteiger charge is -2.12. The van der Waals surface area contributed by atoms with Crippen LogP contribution in [0.5, 0.6) is 0 Å². The first-order valence-electron chi connectivity index (χ1n) is 5.45. The standard InChI is InChI=1S/C11H19N3O2S/c1-14(2)17(15,16)11-6-3-5-10(9-11)13-8-4-7-12/h3,5-6,9,13H,4,7-8,12H2,1-2H3. The van der Waals surface area contributed by atoms with Crippen molar-refractivity contribution in [3.63, 3.8) is 0 Å². The van der Waals surface area contributed by atoms with Gasteiger partial charge < -0.3 is 11.1 Å². The smallest absolute Gasteiger partial charge is 0.242 e. The van der Waals surface area contributed by atoms with Crippen molar-refractivity contribution in [2.75, 3.05) is 32.5 Å². The average Bonchev–Trinajstić information content (AvgIpc) is 2.29. The van der Waals surface area contributed by atoms with Gasteiger partial charge in [-0.15, -0.1) is 0 Å². The molecule has 0 unspecified atom stereocenters. The number of nitrogens with two attached hydrogens (primary N) is 1. The van der Waals surface area contributed by atoms with Crippen LogP contribution in [0.1, 0.15) is 6.42 Å². The number of nitrogens with one attached hydrogen (secondary N) is 1. The molecule has 0 spiro atoms. The fraction of sp³-hybridized carbons (Fsp3) is 0.455. The molecule has 0 aliphatic heterocycles. The van der Waals surface area contributed by atoms with Gasteiger partial charge in [0.05, 0.1) is 4.90 Å². The van der Waals surface area contributed by atoms with Crippen molar-refractivity contribution in [2.45, 2.75) is 11.3 Å². The molecular weight excluding hydrogens is 238 g/mol. The highest BCUT2D eigenvalue weighted by atomic mass is 32.2. The number of benzene rings is 1. The normalized spacial score (nSPS) is 11.8. The monoisotopic (exact) mass is 257 g/mol. The molecule has 0 radical (unpaired) electrons. The van der Waals surface area contributed by atoms with E-state index in [-0.39, 0.29) is 0 Å². The molecule has 0 fully saturated rings. The van der Waals surface area contributed by atoms with Crippen LogP contribution >= 0.6 is 0 Å². The van der Waals surface area contributed by atoms with Crippen LogP contribution in [0.25, 0.3) is 0 Å². The first kappa shape index (κ1) is 14.0. The molecule has 0 saturated heterocycles. The summed E-state index contributed by atoms with van der Waals surface area (Å²) < 4.78 is 25.0. The average molecular weight is 257 g/mol. The zero-order valence-corrected chi connectivity index (χ0v) is 11.0. The number of hydrogen-bond donors (Lipinski definition) is 2. The number of hydrogen-bond acceptors (Lipinski definition) is 4. The first-order valence-corrected chi connectivity index (χ1v) is 6.89. The van der Waals surface area contributed by atoms with Gasteiger partial charge in [-0.1, -0.05) is 6.07 Å². The zero-order valence-electron chi connectivity index (χ0n) is 10.2. The van der Waals surface area contributed by atoms with Crippen molar-refractivity contribution in [2.24, 2.45) is 5.73 Å². The lowest BCUT2D eigenvalue weighted by Crippen LogP contribution is -2.22. The molecule has 0 aliphatic rings. The van der Waals surface area contributed by atoms with Gasteiger partial charge in [0.1, 0.15) is 0 Å². The van der Waals surface area contributed by atoms with Crippen molar-refractivity contribution in [3.05, 3.63) is 24.3 Å². The fourth-order valence-corrected chi connectivity index (χ4v) is 2.26. The van der Waals surface area contributed by atoms with Gasteiger partial charge in [0.15, 0.2) is 0 Å². The van der Waals surface area contributed by atoms with Crippen molar-refractivity contribution in [1.29, 1.82) is 0 Å². The van der Waals surface area contributed by atoms with Gasteiger partial charge in [0, 0.05) is 26.3 Å². The summed E-state index contributed by atoms with van der Waals surface area (Å²) in [5, 5.41) is 3.13. The minimum atomic E-state index is -3.36. The molecule has 3 N–H and O–H groups in total. The molecule has 1 aromatic rings. The van der Waals surface area contributed by atoms with Crippen LogP contribution in [0.2, 0.25) is 0 Å². The molecule has 0 atom stereocenters. The van der Waals surface area contributed by atoms with E-state index in [0.29, 0.717) is 11.4 Å². The molecule has 1 rings (SSSR count). The SMILES string of the molecule is CN(C)S(=O)(=O)c1cccc(NCCCN)c1. The lowest BCUT2D eigenvalue weighted by molar-refractivity contribution is 0.521. The van der Waals surface area contributed by atoms with E-state index in [4.69, 9.17) is 5.73 Å². The summed E-state index contributed by atoms with van der Waals surface area (Å²) in [6, 6.07) is 6.78. The van der Waals surface area contributed by atoms with Crippen LogP contribution in [0.4, 0.5) is 5.69 Å². The Morgan fingerprint density at radius 1 is 1.35 bits per heavy atom. The Labute approximate surface area is 103 Å². The summed E-state index contributed by atoms with van der Waals surface area (Å²) in [6.07, 6.45) is 0.852. The van der Waals surface area contributed by atoms with Crippen LogP contribution in [0, 0.1) is 0 Å². The molecule has 96 valence electrons. The number of nitrogens with zero attached hydrogens (tertiary/aromatic N) is 1. The highest BCUT2D eigenvalue weighted by molar-refractivity contribution is 7.89. The third-order valence-corrected chi connectivity index (χ3v) is 4.13. The topological polar surface area (TPSA) is 75.4 Å². The predicted octanol–water partition coefficient (Wildman–Crippen LogP) is 0.698. The van der Waals surface area contributed by atoms with Gasteiger partial charge in [-0.3, -0.25) is 0 Å². The number of rotatable bonds is 6. The van der Waals surface area contributed by atoms with Gasteiger partial charge >= 0.3 is 0 Å². The second-order valence-electron chi connectivity index (χ2n) is 3.88. The largest absolute Gasteiger partial charge is 0.385 e. The van der Waals surface area contributed by atoms with E-state index in [9.17, 15) is 8.42 Å². The summed E-state index contributed by atoms with van der Waals surface area (Å²) in [4.78, 5) is 0.292. The Kier molecular flexibility index (Phi) is 4.92. The number of sulfonamides is 1. The van der Waals surface area contributed by atoms with Crippen LogP contribution in [-0.4, -0.2) is 39.9 Å². The molecular formula is C11H19N3O2S. The van der Waals surface area contributed by atoms with Gasteiger partial charge in [-0.2, -0.15) is 0 Å². The van der Waals surface area contributed by atoms with E-state index in [1.54, 1.807) is 18.2 Å². The van der Waals surface area contributed by atoms with Crippen LogP contribution in [0.15, 0.2) is 29.2 Å². The fourth-order valence-electron chi connectivity index (χ4n) is 1.31. The molecule has 0 aliphatic carbocycles. The Bertz CT molecular complexity index is 458. The van der Waals surface area contributed by atoms with E-state index >= 15 is 0 Å². The van der Waals surface area contributed by atoms with Gasteiger partial charge in [0.2, 0.25) is 10.0 Å². The van der Waals surface area contributed by atoms with E-state index in [1.807, 2.05) is 6.07 Å². The second kappa shape index (κ2) is 6.00. The zero-order chi connectivity index (χ0) is 12.9. The molecule has 6 heteroatoms. The summed E-state index contributed by atoms with van der Waals surface area (Å²) in [7, 11) is -0.326. The van der Waals surface area contributed by atoms with Crippen LogP contribution < -0.4 is 11.1 Å². The highest BCUT2D eigenvalue weighted by Crippen LogP contribution is 2.17. The minimum absolute atomic E-state index is 0.292. The van der Waals surface area contributed by atoms with E-state index < -0.39 is 10.0 Å². The maximum Gasteiger partial charge on any atom is 0.242 e. The first-order chi connectivity index (χ1) is 7.98. The number of anilines is 1. The molecule has 0 bridgehead atoms. The Balaban J connectivity index is 2.86. The Hall–Kier alpha value is -1.11. The molecule has 0 heterocycles. The molecule has 5 nitrogen and oxygen atoms in total. The summed E-state index contributed by atoms with van der Waals surface area (Å²) in [5.74, 6) is 0. The van der Waals surface area contributed by atoms with Crippen LogP contribution in [-0.2, 0) is 10.0 Å². The minimum Gasteiger partial charge on any atom is -0.385 e. The third kappa shape index (κ3) is 3.69. The summed E-state index contributed by atoms with van der Waals surface area (Å²) in [5.41, 5.74) is 6.18. The lowest BCUT2D eigenvalue weighted by atomic mass is 10.3. The predicted molar refractivity (Wildman–Crippen MR) is 69.5 cm³/mol.